The van der Waals surface area contributed by atoms with Gasteiger partial charge in [0.15, 0.2) is 5.82 Å². The van der Waals surface area contributed by atoms with Crippen LogP contribution < -0.4 is 5.32 Å². The summed E-state index contributed by atoms with van der Waals surface area (Å²) in [5.41, 5.74) is 3.38. The van der Waals surface area contributed by atoms with E-state index in [0.29, 0.717) is 17.0 Å². The first-order chi connectivity index (χ1) is 20.2. The predicted molar refractivity (Wildman–Crippen MR) is 158 cm³/mol. The van der Waals surface area contributed by atoms with E-state index >= 15 is 0 Å². The molecule has 7 rings (SSSR count). The molecule has 10 nitrogen and oxygen atoms in total. The lowest BCUT2D eigenvalue weighted by molar-refractivity contribution is -0.139. The molecule has 0 unspecified atom stereocenters. The summed E-state index contributed by atoms with van der Waals surface area (Å²) in [6, 6.07) is 17.0. The van der Waals surface area contributed by atoms with Crippen molar-refractivity contribution in [3.63, 3.8) is 0 Å². The van der Waals surface area contributed by atoms with Crippen molar-refractivity contribution in [3.8, 4) is 11.3 Å². The van der Waals surface area contributed by atoms with Gasteiger partial charge in [0.1, 0.15) is 11.7 Å². The van der Waals surface area contributed by atoms with Gasteiger partial charge in [0.2, 0.25) is 5.91 Å². The molecule has 2 fully saturated rings. The molecule has 0 bridgehead atoms. The second-order valence-corrected chi connectivity index (χ2v) is 12.4. The lowest BCUT2D eigenvalue weighted by Gasteiger charge is -2.39. The molecule has 2 aliphatic rings. The van der Waals surface area contributed by atoms with E-state index in [9.17, 15) is 9.59 Å². The number of nitrogens with zero attached hydrogens (tertiary/aromatic N) is 7. The first-order valence-electron chi connectivity index (χ1n) is 14.4. The highest BCUT2D eigenvalue weighted by atomic mass is 16.2. The van der Waals surface area contributed by atoms with Crippen LogP contribution in [0.3, 0.4) is 0 Å². The van der Waals surface area contributed by atoms with Crippen LogP contribution in [0.4, 0.5) is 0 Å². The third-order valence-corrected chi connectivity index (χ3v) is 8.47. The zero-order chi connectivity index (χ0) is 29.1. The Morgan fingerprint density at radius 2 is 1.76 bits per heavy atom. The Hall–Kier alpha value is -4.73. The SMILES string of the molecule is CC(C)(C)[C@H](NC(=O)c1ccc(-c2cnc3nnc(C4(c5ccc6ncccc6c5)CC4)n3n2)cc1)C(=O)N1CCC1. The fraction of sp³-hybridized carbons (Fsp3) is 0.344. The summed E-state index contributed by atoms with van der Waals surface area (Å²) < 4.78 is 1.74. The van der Waals surface area contributed by atoms with Gasteiger partial charge >= 0.3 is 0 Å². The summed E-state index contributed by atoms with van der Waals surface area (Å²) >= 11 is 0. The van der Waals surface area contributed by atoms with Crippen LogP contribution in [0.15, 0.2) is 67.0 Å². The lowest BCUT2D eigenvalue weighted by atomic mass is 9.85. The normalized spacial score (nSPS) is 16.7. The monoisotopic (exact) mass is 560 g/mol. The van der Waals surface area contributed by atoms with Crippen LogP contribution in [0, 0.1) is 5.41 Å². The number of carbonyl (C=O) groups excluding carboxylic acids is 2. The molecule has 5 aromatic rings. The van der Waals surface area contributed by atoms with Gasteiger partial charge in [-0.15, -0.1) is 10.2 Å². The van der Waals surface area contributed by atoms with Crippen LogP contribution in [-0.2, 0) is 10.2 Å². The van der Waals surface area contributed by atoms with E-state index in [1.807, 2.05) is 45.0 Å². The molecule has 1 atom stereocenters. The van der Waals surface area contributed by atoms with E-state index in [1.165, 1.54) is 5.56 Å². The highest BCUT2D eigenvalue weighted by Crippen LogP contribution is 2.53. The number of hydrogen-bond acceptors (Lipinski definition) is 7. The van der Waals surface area contributed by atoms with Gasteiger partial charge in [0.25, 0.3) is 11.7 Å². The summed E-state index contributed by atoms with van der Waals surface area (Å²) in [6.45, 7) is 7.40. The Balaban J connectivity index is 1.15. The van der Waals surface area contributed by atoms with Crippen molar-refractivity contribution in [1.29, 1.82) is 0 Å². The molecule has 3 aromatic heterocycles. The van der Waals surface area contributed by atoms with Crippen molar-refractivity contribution in [1.82, 2.24) is 40.0 Å². The minimum Gasteiger partial charge on any atom is -0.341 e. The number of rotatable bonds is 6. The van der Waals surface area contributed by atoms with Crippen LogP contribution in [0.5, 0.6) is 0 Å². The van der Waals surface area contributed by atoms with E-state index in [2.05, 4.69) is 43.7 Å². The van der Waals surface area contributed by atoms with Crippen molar-refractivity contribution in [3.05, 3.63) is 83.9 Å². The fourth-order valence-electron chi connectivity index (χ4n) is 5.64. The maximum absolute atomic E-state index is 13.2. The number of fused-ring (bicyclic) bond motifs is 2. The molecule has 212 valence electrons. The van der Waals surface area contributed by atoms with Gasteiger partial charge in [-0.1, -0.05) is 45.0 Å². The van der Waals surface area contributed by atoms with Crippen LogP contribution in [-0.4, -0.2) is 65.6 Å². The summed E-state index contributed by atoms with van der Waals surface area (Å²) in [7, 11) is 0. The third kappa shape index (κ3) is 4.47. The standard InChI is InChI=1S/C32H32N8O2/c1-31(2,3)26(28(42)39-16-5-17-39)35-27(41)21-9-7-20(8-10-21)25-19-34-30-37-36-29(40(30)38-25)32(13-14-32)23-11-12-24-22(18-23)6-4-15-33-24/h4,6-12,15,18-19,26H,5,13-14,16-17H2,1-3H3,(H,35,41)/t26-/m1/s1. The van der Waals surface area contributed by atoms with Gasteiger partial charge in [0.05, 0.1) is 17.1 Å². The predicted octanol–water partition coefficient (Wildman–Crippen LogP) is 4.19. The summed E-state index contributed by atoms with van der Waals surface area (Å²) in [4.78, 5) is 36.9. The van der Waals surface area contributed by atoms with Gasteiger partial charge in [0, 0.05) is 35.8 Å². The minimum absolute atomic E-state index is 0.0270. The van der Waals surface area contributed by atoms with Crippen molar-refractivity contribution in [2.24, 2.45) is 5.41 Å². The number of hydrogen-bond donors (Lipinski definition) is 1. The summed E-state index contributed by atoms with van der Waals surface area (Å²) in [5.74, 6) is 0.907. The number of likely N-dealkylation sites (tertiary alicyclic amines) is 1. The molecule has 2 amide bonds. The summed E-state index contributed by atoms with van der Waals surface area (Å²) in [5, 5.41) is 17.8. The van der Waals surface area contributed by atoms with Crippen LogP contribution in [0.1, 0.15) is 61.8 Å². The van der Waals surface area contributed by atoms with Crippen molar-refractivity contribution >= 4 is 28.5 Å². The lowest BCUT2D eigenvalue weighted by Crippen LogP contribution is -2.57. The molecule has 42 heavy (non-hydrogen) atoms. The molecule has 1 saturated heterocycles. The average molecular weight is 561 g/mol. The first kappa shape index (κ1) is 26.2. The van der Waals surface area contributed by atoms with E-state index in [0.717, 1.165) is 54.6 Å². The van der Waals surface area contributed by atoms with Crippen molar-refractivity contribution in [2.45, 2.75) is 51.5 Å². The molecule has 0 radical (unpaired) electrons. The van der Waals surface area contributed by atoms with Crippen LogP contribution in [0.25, 0.3) is 27.9 Å². The van der Waals surface area contributed by atoms with Gasteiger partial charge in [-0.25, -0.2) is 4.98 Å². The topological polar surface area (TPSA) is 118 Å². The zero-order valence-electron chi connectivity index (χ0n) is 23.9. The molecule has 1 N–H and O–H groups in total. The molecule has 1 saturated carbocycles. The molecule has 10 heteroatoms. The molecule has 2 aromatic carbocycles. The molecule has 1 aliphatic heterocycles. The number of aromatic nitrogens is 6. The molecule has 0 spiro atoms. The highest BCUT2D eigenvalue weighted by Gasteiger charge is 2.50. The average Bonchev–Trinajstić information content (AvgIpc) is 3.66. The first-order valence-corrected chi connectivity index (χ1v) is 14.4. The summed E-state index contributed by atoms with van der Waals surface area (Å²) in [6.07, 6.45) is 6.38. The Morgan fingerprint density at radius 1 is 0.976 bits per heavy atom. The highest BCUT2D eigenvalue weighted by molar-refractivity contribution is 5.98. The Labute approximate surface area is 243 Å². The second-order valence-electron chi connectivity index (χ2n) is 12.4. The van der Waals surface area contributed by atoms with E-state index in [1.54, 1.807) is 33.9 Å². The van der Waals surface area contributed by atoms with Gasteiger partial charge in [-0.05, 0) is 60.6 Å². The molecular weight excluding hydrogens is 528 g/mol. The number of benzene rings is 2. The maximum atomic E-state index is 13.2. The third-order valence-electron chi connectivity index (χ3n) is 8.47. The largest absolute Gasteiger partial charge is 0.341 e. The molecule has 1 aliphatic carbocycles. The van der Waals surface area contributed by atoms with Gasteiger partial charge < -0.3 is 10.2 Å². The fourth-order valence-corrected chi connectivity index (χ4v) is 5.64. The quantitative estimate of drug-likeness (QED) is 0.331. The van der Waals surface area contributed by atoms with Crippen molar-refractivity contribution in [2.75, 3.05) is 13.1 Å². The van der Waals surface area contributed by atoms with E-state index in [-0.39, 0.29) is 17.2 Å². The Bertz CT molecular complexity index is 1830. The molecular formula is C32H32N8O2. The van der Waals surface area contributed by atoms with Crippen LogP contribution >= 0.6 is 0 Å². The van der Waals surface area contributed by atoms with Gasteiger partial charge in [-0.2, -0.15) is 9.61 Å². The Morgan fingerprint density at radius 3 is 2.45 bits per heavy atom. The maximum Gasteiger partial charge on any atom is 0.271 e. The number of carbonyl (C=O) groups is 2. The molecule has 4 heterocycles. The van der Waals surface area contributed by atoms with E-state index < -0.39 is 11.5 Å². The second kappa shape index (κ2) is 9.68. The number of amides is 2. The van der Waals surface area contributed by atoms with Crippen LogP contribution in [0.2, 0.25) is 0 Å². The Kier molecular flexibility index (Phi) is 6.04. The minimum atomic E-state index is -0.598. The zero-order valence-corrected chi connectivity index (χ0v) is 23.9. The van der Waals surface area contributed by atoms with E-state index in [4.69, 9.17) is 5.10 Å². The van der Waals surface area contributed by atoms with Crippen molar-refractivity contribution < 1.29 is 9.59 Å². The number of pyridine rings is 1. The smallest absolute Gasteiger partial charge is 0.271 e. The van der Waals surface area contributed by atoms with Gasteiger partial charge in [-0.3, -0.25) is 14.6 Å². The number of nitrogens with one attached hydrogen (secondary N) is 1.